The Balaban J connectivity index is 1.54. The third-order valence-electron chi connectivity index (χ3n) is 7.56. The van der Waals surface area contributed by atoms with Crippen molar-refractivity contribution in [1.29, 1.82) is 0 Å². The highest BCUT2D eigenvalue weighted by Crippen LogP contribution is 2.37. The van der Waals surface area contributed by atoms with Crippen LogP contribution in [0.3, 0.4) is 0 Å². The number of aromatic nitrogens is 2. The maximum Gasteiger partial charge on any atom is 0.433 e. The summed E-state index contributed by atoms with van der Waals surface area (Å²) in [6, 6.07) is 1.20. The van der Waals surface area contributed by atoms with E-state index in [-0.39, 0.29) is 36.8 Å². The number of alkyl halides is 5. The SMILES string of the molecule is C[C@@H](CC1CCC(O)CC1)[C@H]1CCCN(C(=O)c2nn3c(C(F)(F)F)cc(OC(F)F)cc3c2Cl)CC1=O. The molecule has 0 spiro atoms. The van der Waals surface area contributed by atoms with E-state index in [9.17, 15) is 36.6 Å². The van der Waals surface area contributed by atoms with Crippen molar-refractivity contribution in [3.8, 4) is 5.75 Å². The van der Waals surface area contributed by atoms with E-state index in [4.69, 9.17) is 11.6 Å². The van der Waals surface area contributed by atoms with Gasteiger partial charge in [-0.25, -0.2) is 4.52 Å². The molecule has 0 aromatic carbocycles. The molecule has 2 aliphatic rings. The first-order valence-electron chi connectivity index (χ1n) is 12.6. The summed E-state index contributed by atoms with van der Waals surface area (Å²) in [6.07, 6.45) is -0.00499. The van der Waals surface area contributed by atoms with Crippen molar-refractivity contribution in [1.82, 2.24) is 14.5 Å². The number of fused-ring (bicyclic) bond motifs is 1. The van der Waals surface area contributed by atoms with E-state index in [1.54, 1.807) is 0 Å². The molecular weight excluding hydrogens is 537 g/mol. The monoisotopic (exact) mass is 565 g/mol. The van der Waals surface area contributed by atoms with Crippen LogP contribution >= 0.6 is 11.6 Å². The highest BCUT2D eigenvalue weighted by molar-refractivity contribution is 6.36. The van der Waals surface area contributed by atoms with Gasteiger partial charge in [-0.2, -0.15) is 27.1 Å². The molecular formula is C25H29ClF5N3O4. The Morgan fingerprint density at radius 1 is 1.21 bits per heavy atom. The molecule has 2 atom stereocenters. The van der Waals surface area contributed by atoms with Crippen LogP contribution in [-0.2, 0) is 11.0 Å². The Morgan fingerprint density at radius 3 is 2.53 bits per heavy atom. The van der Waals surface area contributed by atoms with Crippen molar-refractivity contribution >= 4 is 28.8 Å². The van der Waals surface area contributed by atoms with Gasteiger partial charge in [-0.3, -0.25) is 9.59 Å². The van der Waals surface area contributed by atoms with Gasteiger partial charge in [0, 0.05) is 24.6 Å². The van der Waals surface area contributed by atoms with Crippen LogP contribution in [-0.4, -0.2) is 57.1 Å². The highest BCUT2D eigenvalue weighted by Gasteiger charge is 2.38. The minimum Gasteiger partial charge on any atom is -0.435 e. The number of ketones is 1. The van der Waals surface area contributed by atoms with E-state index >= 15 is 0 Å². The number of nitrogens with zero attached hydrogens (tertiary/aromatic N) is 3. The average molecular weight is 566 g/mol. The molecule has 210 valence electrons. The van der Waals surface area contributed by atoms with Crippen molar-refractivity contribution in [3.63, 3.8) is 0 Å². The summed E-state index contributed by atoms with van der Waals surface area (Å²) < 4.78 is 70.8. The topological polar surface area (TPSA) is 84.1 Å². The van der Waals surface area contributed by atoms with Gasteiger partial charge in [0.25, 0.3) is 5.91 Å². The molecule has 38 heavy (non-hydrogen) atoms. The van der Waals surface area contributed by atoms with Gasteiger partial charge >= 0.3 is 12.8 Å². The number of likely N-dealkylation sites (tertiary alicyclic amines) is 1. The Hall–Kier alpha value is -2.47. The molecule has 13 heteroatoms. The lowest BCUT2D eigenvalue weighted by molar-refractivity contribution is -0.143. The van der Waals surface area contributed by atoms with Gasteiger partial charge in [-0.1, -0.05) is 18.5 Å². The van der Waals surface area contributed by atoms with Crippen molar-refractivity contribution in [2.45, 2.75) is 70.8 Å². The number of pyridine rings is 1. The molecule has 3 heterocycles. The molecule has 1 aliphatic carbocycles. The summed E-state index contributed by atoms with van der Waals surface area (Å²) in [5.74, 6) is -1.48. The Kier molecular flexibility index (Phi) is 8.51. The fraction of sp³-hybridized carbons (Fsp3) is 0.640. The van der Waals surface area contributed by atoms with Crippen LogP contribution in [0.5, 0.6) is 5.75 Å². The number of amides is 1. The number of aliphatic hydroxyl groups excluding tert-OH is 1. The van der Waals surface area contributed by atoms with E-state index in [0.717, 1.165) is 38.2 Å². The molecule has 1 amide bonds. The van der Waals surface area contributed by atoms with Crippen molar-refractivity contribution in [3.05, 3.63) is 28.5 Å². The summed E-state index contributed by atoms with van der Waals surface area (Å²) in [5.41, 5.74) is -2.38. The zero-order valence-electron chi connectivity index (χ0n) is 20.7. The highest BCUT2D eigenvalue weighted by atomic mass is 35.5. The van der Waals surface area contributed by atoms with Gasteiger partial charge in [-0.05, 0) is 56.8 Å². The number of carbonyl (C=O) groups excluding carboxylic acids is 2. The first-order valence-corrected chi connectivity index (χ1v) is 13.0. The summed E-state index contributed by atoms with van der Waals surface area (Å²) in [4.78, 5) is 27.7. The molecule has 7 nitrogen and oxygen atoms in total. The smallest absolute Gasteiger partial charge is 0.433 e. The number of hydrogen-bond acceptors (Lipinski definition) is 5. The van der Waals surface area contributed by atoms with Gasteiger partial charge in [-0.15, -0.1) is 0 Å². The third kappa shape index (κ3) is 6.22. The van der Waals surface area contributed by atoms with Crippen LogP contribution in [0.15, 0.2) is 12.1 Å². The summed E-state index contributed by atoms with van der Waals surface area (Å²) >= 11 is 6.23. The van der Waals surface area contributed by atoms with Gasteiger partial charge in [0.1, 0.15) is 11.4 Å². The minimum atomic E-state index is -5.01. The Labute approximate surface area is 220 Å². The van der Waals surface area contributed by atoms with Gasteiger partial charge in [0.15, 0.2) is 11.5 Å². The first kappa shape index (κ1) is 28.5. The normalized spacial score (nSPS) is 24.1. The van der Waals surface area contributed by atoms with E-state index in [1.165, 1.54) is 4.90 Å². The van der Waals surface area contributed by atoms with Crippen LogP contribution in [0.1, 0.15) is 68.1 Å². The predicted molar refractivity (Wildman–Crippen MR) is 127 cm³/mol. The quantitative estimate of drug-likeness (QED) is 0.461. The molecule has 0 bridgehead atoms. The summed E-state index contributed by atoms with van der Waals surface area (Å²) in [6.45, 7) is -1.39. The van der Waals surface area contributed by atoms with Gasteiger partial charge in [0.05, 0.1) is 23.2 Å². The third-order valence-corrected chi connectivity index (χ3v) is 7.94. The van der Waals surface area contributed by atoms with Crippen LogP contribution < -0.4 is 4.74 Å². The molecule has 4 rings (SSSR count). The van der Waals surface area contributed by atoms with Crippen LogP contribution in [0.25, 0.3) is 5.52 Å². The largest absolute Gasteiger partial charge is 0.435 e. The van der Waals surface area contributed by atoms with E-state index in [0.29, 0.717) is 29.3 Å². The fourth-order valence-corrected chi connectivity index (χ4v) is 5.90. The number of hydrogen-bond donors (Lipinski definition) is 1. The van der Waals surface area contributed by atoms with Crippen molar-refractivity contribution in [2.24, 2.45) is 17.8 Å². The molecule has 2 aromatic heterocycles. The minimum absolute atomic E-state index is 0.0826. The van der Waals surface area contributed by atoms with Gasteiger partial charge in [0.2, 0.25) is 0 Å². The molecule has 0 radical (unpaired) electrons. The molecule has 1 aliphatic heterocycles. The average Bonchev–Trinajstić information content (AvgIpc) is 3.02. The number of carbonyl (C=O) groups is 2. The van der Waals surface area contributed by atoms with Crippen LogP contribution in [0.2, 0.25) is 5.02 Å². The maximum absolute atomic E-state index is 13.6. The van der Waals surface area contributed by atoms with Gasteiger partial charge < -0.3 is 14.7 Å². The fourth-order valence-electron chi connectivity index (χ4n) is 5.65. The van der Waals surface area contributed by atoms with Crippen molar-refractivity contribution in [2.75, 3.05) is 13.1 Å². The molecule has 0 unspecified atom stereocenters. The molecule has 2 fully saturated rings. The number of halogens is 6. The Morgan fingerprint density at radius 2 is 1.89 bits per heavy atom. The van der Waals surface area contributed by atoms with Crippen LogP contribution in [0, 0.1) is 17.8 Å². The second kappa shape index (κ2) is 11.3. The van der Waals surface area contributed by atoms with E-state index < -0.39 is 46.4 Å². The first-order chi connectivity index (χ1) is 17.8. The van der Waals surface area contributed by atoms with Crippen LogP contribution in [0.4, 0.5) is 22.0 Å². The number of aliphatic hydroxyl groups is 1. The molecule has 2 aromatic rings. The number of Topliss-reactive ketones (excluding diaryl/α,β-unsaturated/α-hetero) is 1. The lowest BCUT2D eigenvalue weighted by Crippen LogP contribution is -2.37. The zero-order valence-corrected chi connectivity index (χ0v) is 21.4. The zero-order chi connectivity index (χ0) is 27.8. The maximum atomic E-state index is 13.6. The van der Waals surface area contributed by atoms with Crippen molar-refractivity contribution < 1.29 is 41.4 Å². The lowest BCUT2D eigenvalue weighted by atomic mass is 9.76. The van der Waals surface area contributed by atoms with E-state index in [2.05, 4.69) is 9.84 Å². The second-order valence-corrected chi connectivity index (χ2v) is 10.6. The summed E-state index contributed by atoms with van der Waals surface area (Å²) in [5, 5.41) is 13.0. The second-order valence-electron chi connectivity index (χ2n) is 10.2. The predicted octanol–water partition coefficient (Wildman–Crippen LogP) is 5.61. The lowest BCUT2D eigenvalue weighted by Gasteiger charge is -2.30. The molecule has 1 saturated carbocycles. The standard InChI is InChI=1S/C25H29ClF5N3O4/c1-13(9-14-4-6-15(35)7-5-14)17-3-2-8-33(12-19(17)36)23(37)22-21(26)18-10-16(38-24(27)28)11-20(25(29,30)31)34(18)32-22/h10-11,13-15,17,24,35H,2-9,12H2,1H3/t13-,14?,15?,17+/m0/s1. The summed E-state index contributed by atoms with van der Waals surface area (Å²) in [7, 11) is 0. The number of ether oxygens (including phenoxy) is 1. The van der Waals surface area contributed by atoms with E-state index in [1.807, 2.05) is 6.92 Å². The Bertz CT molecular complexity index is 1180. The molecule has 1 saturated heterocycles. The molecule has 1 N–H and O–H groups in total. The number of rotatable bonds is 6.